The first-order chi connectivity index (χ1) is 11.6. The first-order valence-corrected chi connectivity index (χ1v) is 9.41. The zero-order chi connectivity index (χ0) is 17.4. The predicted molar refractivity (Wildman–Crippen MR) is 96.5 cm³/mol. The average Bonchev–Trinajstić information content (AvgIpc) is 2.57. The number of ether oxygens (including phenoxy) is 2. The van der Waals surface area contributed by atoms with Gasteiger partial charge in [0.2, 0.25) is 0 Å². The van der Waals surface area contributed by atoms with E-state index in [0.29, 0.717) is 37.4 Å². The van der Waals surface area contributed by atoms with Crippen LogP contribution in [0.5, 0.6) is 5.75 Å². The quantitative estimate of drug-likeness (QED) is 0.668. The molecule has 1 fully saturated rings. The molecule has 0 spiro atoms. The third kappa shape index (κ3) is 6.60. The lowest BCUT2D eigenvalue weighted by molar-refractivity contribution is -0.704. The van der Waals surface area contributed by atoms with Gasteiger partial charge in [0.05, 0.1) is 19.3 Å². The van der Waals surface area contributed by atoms with Crippen LogP contribution >= 0.6 is 11.6 Å². The first-order valence-electron chi connectivity index (χ1n) is 9.03. The summed E-state index contributed by atoms with van der Waals surface area (Å²) in [7, 11) is 0. The lowest BCUT2D eigenvalue weighted by Gasteiger charge is -2.32. The van der Waals surface area contributed by atoms with Crippen LogP contribution in [0, 0.1) is 11.8 Å². The summed E-state index contributed by atoms with van der Waals surface area (Å²) in [5.41, 5.74) is 0. The molecular formula is C19H31ClNO3+. The summed E-state index contributed by atoms with van der Waals surface area (Å²) < 4.78 is 11.1. The highest BCUT2D eigenvalue weighted by Crippen LogP contribution is 2.27. The van der Waals surface area contributed by atoms with Crippen LogP contribution in [-0.4, -0.2) is 43.6 Å². The monoisotopic (exact) mass is 356 g/mol. The van der Waals surface area contributed by atoms with E-state index in [4.69, 9.17) is 21.1 Å². The molecule has 0 amide bonds. The summed E-state index contributed by atoms with van der Waals surface area (Å²) in [4.78, 5) is 0. The summed E-state index contributed by atoms with van der Waals surface area (Å²) >= 11 is 5.82. The molecule has 0 aromatic heterocycles. The van der Waals surface area contributed by atoms with E-state index in [0.717, 1.165) is 17.6 Å². The summed E-state index contributed by atoms with van der Waals surface area (Å²) in [5, 5.41) is 13.1. The van der Waals surface area contributed by atoms with E-state index in [1.54, 1.807) is 12.1 Å². The van der Waals surface area contributed by atoms with Crippen LogP contribution < -0.4 is 10.1 Å². The highest BCUT2D eigenvalue weighted by atomic mass is 35.5. The van der Waals surface area contributed by atoms with Gasteiger partial charge in [-0.3, -0.25) is 0 Å². The highest BCUT2D eigenvalue weighted by Gasteiger charge is 2.29. The minimum atomic E-state index is -0.426. The van der Waals surface area contributed by atoms with E-state index < -0.39 is 6.10 Å². The van der Waals surface area contributed by atoms with Gasteiger partial charge in [0.1, 0.15) is 25.0 Å². The molecule has 136 valence electrons. The Kier molecular flexibility index (Phi) is 8.33. The van der Waals surface area contributed by atoms with Crippen LogP contribution in [0.25, 0.3) is 0 Å². The van der Waals surface area contributed by atoms with E-state index in [2.05, 4.69) is 19.2 Å². The van der Waals surface area contributed by atoms with Crippen molar-refractivity contribution < 1.29 is 19.9 Å². The van der Waals surface area contributed by atoms with Crippen LogP contribution in [0.15, 0.2) is 24.3 Å². The van der Waals surface area contributed by atoms with Crippen molar-refractivity contribution in [3.8, 4) is 5.75 Å². The Morgan fingerprint density at radius 3 is 2.71 bits per heavy atom. The number of quaternary nitrogens is 1. The van der Waals surface area contributed by atoms with Crippen molar-refractivity contribution in [3.05, 3.63) is 29.3 Å². The fourth-order valence-corrected chi connectivity index (χ4v) is 3.45. The summed E-state index contributed by atoms with van der Waals surface area (Å²) in [6.45, 7) is 6.68. The lowest BCUT2D eigenvalue weighted by Crippen LogP contribution is -2.93. The van der Waals surface area contributed by atoms with E-state index >= 15 is 0 Å². The molecule has 0 bridgehead atoms. The zero-order valence-electron chi connectivity index (χ0n) is 14.8. The third-order valence-electron chi connectivity index (χ3n) is 5.10. The van der Waals surface area contributed by atoms with Gasteiger partial charge >= 0.3 is 0 Å². The molecule has 24 heavy (non-hydrogen) atoms. The summed E-state index contributed by atoms with van der Waals surface area (Å²) in [6.07, 6.45) is 3.48. The number of hydrogen-bond donors (Lipinski definition) is 2. The number of aliphatic hydroxyl groups is 1. The van der Waals surface area contributed by atoms with E-state index in [9.17, 15) is 5.11 Å². The Balaban J connectivity index is 1.53. The molecule has 5 heteroatoms. The maximum absolute atomic E-state index is 10.1. The molecule has 0 radical (unpaired) electrons. The Hall–Kier alpha value is -0.810. The van der Waals surface area contributed by atoms with Gasteiger partial charge in [-0.25, -0.2) is 0 Å². The Morgan fingerprint density at radius 1 is 1.21 bits per heavy atom. The Labute approximate surface area is 150 Å². The van der Waals surface area contributed by atoms with Crippen LogP contribution in [0.1, 0.15) is 33.1 Å². The zero-order valence-corrected chi connectivity index (χ0v) is 15.5. The number of benzene rings is 1. The molecule has 3 N–H and O–H groups in total. The van der Waals surface area contributed by atoms with Gasteiger partial charge in [-0.05, 0) is 49.4 Å². The number of nitrogens with two attached hydrogens (primary N) is 1. The molecule has 0 heterocycles. The van der Waals surface area contributed by atoms with Crippen LogP contribution in [-0.2, 0) is 4.74 Å². The smallest absolute Gasteiger partial charge is 0.126 e. The SMILES string of the molecule is C[C@H]1[C@@H]([NH2+]C[C@H](O)COCCOc2ccc(Cl)cc2)CCC[C@@H]1C. The van der Waals surface area contributed by atoms with Gasteiger partial charge in [0.25, 0.3) is 0 Å². The molecule has 1 saturated carbocycles. The maximum Gasteiger partial charge on any atom is 0.126 e. The van der Waals surface area contributed by atoms with Crippen LogP contribution in [0.2, 0.25) is 5.02 Å². The van der Waals surface area contributed by atoms with Crippen molar-refractivity contribution >= 4 is 11.6 Å². The van der Waals surface area contributed by atoms with Gasteiger partial charge in [-0.15, -0.1) is 0 Å². The van der Waals surface area contributed by atoms with E-state index in [1.165, 1.54) is 19.3 Å². The minimum absolute atomic E-state index is 0.358. The molecular weight excluding hydrogens is 326 g/mol. The fourth-order valence-electron chi connectivity index (χ4n) is 3.32. The van der Waals surface area contributed by atoms with Gasteiger partial charge in [-0.2, -0.15) is 0 Å². The molecule has 1 aromatic rings. The van der Waals surface area contributed by atoms with Gasteiger partial charge < -0.3 is 19.9 Å². The molecule has 2 rings (SSSR count). The average molecular weight is 357 g/mol. The number of aliphatic hydroxyl groups excluding tert-OH is 1. The molecule has 0 unspecified atom stereocenters. The van der Waals surface area contributed by atoms with Crippen molar-refractivity contribution in [2.24, 2.45) is 11.8 Å². The molecule has 0 saturated heterocycles. The van der Waals surface area contributed by atoms with Crippen molar-refractivity contribution in [3.63, 3.8) is 0 Å². The molecule has 0 aliphatic heterocycles. The standard InChI is InChI=1S/C19H30ClNO3/c1-14-4-3-5-19(15(14)2)21-12-17(22)13-23-10-11-24-18-8-6-16(20)7-9-18/h6-9,14-15,17,19,21-22H,3-5,10-13H2,1-2H3/p+1/t14-,15+,17-,19-/m0/s1. The number of rotatable bonds is 9. The minimum Gasteiger partial charge on any atom is -0.491 e. The molecule has 1 aliphatic rings. The third-order valence-corrected chi connectivity index (χ3v) is 5.35. The normalized spacial score (nSPS) is 25.4. The van der Waals surface area contributed by atoms with Crippen molar-refractivity contribution in [2.45, 2.75) is 45.3 Å². The van der Waals surface area contributed by atoms with Crippen molar-refractivity contribution in [1.82, 2.24) is 0 Å². The second kappa shape index (κ2) is 10.2. The second-order valence-electron chi connectivity index (χ2n) is 6.93. The Bertz CT molecular complexity index is 468. The maximum atomic E-state index is 10.1. The van der Waals surface area contributed by atoms with Crippen LogP contribution in [0.4, 0.5) is 0 Å². The molecule has 4 nitrogen and oxygen atoms in total. The van der Waals surface area contributed by atoms with Gasteiger partial charge in [0.15, 0.2) is 0 Å². The Morgan fingerprint density at radius 2 is 1.96 bits per heavy atom. The molecule has 1 aromatic carbocycles. The number of hydrogen-bond acceptors (Lipinski definition) is 3. The second-order valence-corrected chi connectivity index (χ2v) is 7.37. The first kappa shape index (κ1) is 19.5. The van der Waals surface area contributed by atoms with Crippen molar-refractivity contribution in [2.75, 3.05) is 26.4 Å². The van der Waals surface area contributed by atoms with E-state index in [-0.39, 0.29) is 0 Å². The number of halogens is 1. The van der Waals surface area contributed by atoms with Gasteiger partial charge in [-0.1, -0.05) is 25.4 Å². The predicted octanol–water partition coefficient (Wildman–Crippen LogP) is 2.48. The van der Waals surface area contributed by atoms with Gasteiger partial charge in [0, 0.05) is 10.9 Å². The molecule has 1 aliphatic carbocycles. The highest BCUT2D eigenvalue weighted by molar-refractivity contribution is 6.30. The topological polar surface area (TPSA) is 55.3 Å². The lowest BCUT2D eigenvalue weighted by atomic mass is 9.78. The molecule has 4 atom stereocenters. The van der Waals surface area contributed by atoms with Crippen molar-refractivity contribution in [1.29, 1.82) is 0 Å². The van der Waals surface area contributed by atoms with E-state index in [1.807, 2.05) is 12.1 Å². The van der Waals surface area contributed by atoms with Crippen LogP contribution in [0.3, 0.4) is 0 Å². The summed E-state index contributed by atoms with van der Waals surface area (Å²) in [6, 6.07) is 7.89. The largest absolute Gasteiger partial charge is 0.491 e. The summed E-state index contributed by atoms with van der Waals surface area (Å²) in [5.74, 6) is 2.29. The fraction of sp³-hybridized carbons (Fsp3) is 0.684.